The molecule has 3 rings (SSSR count). The largest absolute Gasteiger partial charge is 0.325 e. The van der Waals surface area contributed by atoms with Gasteiger partial charge in [0.15, 0.2) is 0 Å². The third-order valence-corrected chi connectivity index (χ3v) is 3.81. The number of hydrogen-bond acceptors (Lipinski definition) is 3. The summed E-state index contributed by atoms with van der Waals surface area (Å²) in [4.78, 5) is 36.6. The molecule has 26 heavy (non-hydrogen) atoms. The molecule has 0 aliphatic carbocycles. The van der Waals surface area contributed by atoms with Gasteiger partial charge in [-0.2, -0.15) is 0 Å². The first-order valence-electron chi connectivity index (χ1n) is 7.88. The maximum Gasteiger partial charge on any atom is 0.320 e. The molecule has 0 radical (unpaired) electrons. The monoisotopic (exact) mass is 353 g/mol. The van der Waals surface area contributed by atoms with Crippen LogP contribution in [0.2, 0.25) is 0 Å². The zero-order valence-corrected chi connectivity index (χ0v) is 14.0. The Morgan fingerprint density at radius 3 is 2.27 bits per heavy atom. The normalized spacial score (nSPS) is 10.5. The SMILES string of the molecule is Cc1ccc(NC(=O)Cn2ccn(-c3ccc(F)cc3)c(=O)c2=O)cc1. The molecule has 1 aromatic heterocycles. The van der Waals surface area contributed by atoms with E-state index in [0.717, 1.165) is 14.7 Å². The molecule has 0 unspecified atom stereocenters. The molecule has 0 atom stereocenters. The molecule has 1 heterocycles. The summed E-state index contributed by atoms with van der Waals surface area (Å²) in [6.07, 6.45) is 2.72. The van der Waals surface area contributed by atoms with E-state index < -0.39 is 22.8 Å². The topological polar surface area (TPSA) is 73.1 Å². The van der Waals surface area contributed by atoms with E-state index in [2.05, 4.69) is 5.32 Å². The Labute approximate surface area is 148 Å². The summed E-state index contributed by atoms with van der Waals surface area (Å²) < 4.78 is 15.1. The van der Waals surface area contributed by atoms with Crippen LogP contribution >= 0.6 is 0 Å². The molecule has 0 spiro atoms. The number of carbonyl (C=O) groups excluding carboxylic acids is 1. The summed E-state index contributed by atoms with van der Waals surface area (Å²) in [6.45, 7) is 1.65. The lowest BCUT2D eigenvalue weighted by Gasteiger charge is -2.10. The molecule has 0 bridgehead atoms. The zero-order valence-electron chi connectivity index (χ0n) is 14.0. The van der Waals surface area contributed by atoms with E-state index >= 15 is 0 Å². The highest BCUT2D eigenvalue weighted by Gasteiger charge is 2.10. The van der Waals surface area contributed by atoms with Crippen molar-refractivity contribution in [1.29, 1.82) is 0 Å². The van der Waals surface area contributed by atoms with E-state index in [0.29, 0.717) is 11.4 Å². The second-order valence-electron chi connectivity index (χ2n) is 5.80. The minimum Gasteiger partial charge on any atom is -0.325 e. The molecule has 0 saturated heterocycles. The van der Waals surface area contributed by atoms with Gasteiger partial charge < -0.3 is 5.32 Å². The molecule has 1 N–H and O–H groups in total. The Balaban J connectivity index is 1.81. The van der Waals surface area contributed by atoms with Crippen molar-refractivity contribution in [2.75, 3.05) is 5.32 Å². The Morgan fingerprint density at radius 1 is 0.962 bits per heavy atom. The van der Waals surface area contributed by atoms with Crippen molar-refractivity contribution in [3.8, 4) is 5.69 Å². The lowest BCUT2D eigenvalue weighted by Crippen LogP contribution is -2.41. The molecule has 6 nitrogen and oxygen atoms in total. The average Bonchev–Trinajstić information content (AvgIpc) is 2.62. The van der Waals surface area contributed by atoms with Gasteiger partial charge in [0.05, 0.1) is 0 Å². The van der Waals surface area contributed by atoms with E-state index in [9.17, 15) is 18.8 Å². The van der Waals surface area contributed by atoms with Gasteiger partial charge in [0.2, 0.25) is 5.91 Å². The predicted octanol–water partition coefficient (Wildman–Crippen LogP) is 2.09. The second-order valence-corrected chi connectivity index (χ2v) is 5.80. The number of carbonyl (C=O) groups is 1. The fraction of sp³-hybridized carbons (Fsp3) is 0.105. The van der Waals surface area contributed by atoms with Gasteiger partial charge in [-0.15, -0.1) is 0 Å². The Hall–Kier alpha value is -3.48. The first kappa shape index (κ1) is 17.3. The van der Waals surface area contributed by atoms with Gasteiger partial charge in [-0.3, -0.25) is 23.5 Å². The molecule has 132 valence electrons. The minimum absolute atomic E-state index is 0.286. The third kappa shape index (κ3) is 3.77. The average molecular weight is 353 g/mol. The smallest absolute Gasteiger partial charge is 0.320 e. The quantitative estimate of drug-likeness (QED) is 0.730. The van der Waals surface area contributed by atoms with Crippen molar-refractivity contribution in [2.45, 2.75) is 13.5 Å². The van der Waals surface area contributed by atoms with Crippen molar-refractivity contribution in [3.63, 3.8) is 0 Å². The molecule has 0 saturated carbocycles. The number of nitrogens with one attached hydrogen (secondary N) is 1. The molecule has 3 aromatic rings. The number of aryl methyl sites for hydroxylation is 1. The molecular formula is C19H16FN3O3. The van der Waals surface area contributed by atoms with Gasteiger partial charge in [-0.1, -0.05) is 17.7 Å². The van der Waals surface area contributed by atoms with E-state index in [1.54, 1.807) is 12.1 Å². The van der Waals surface area contributed by atoms with Gasteiger partial charge in [0.25, 0.3) is 0 Å². The predicted molar refractivity (Wildman–Crippen MR) is 96.1 cm³/mol. The number of rotatable bonds is 4. The molecular weight excluding hydrogens is 337 g/mol. The molecule has 1 amide bonds. The van der Waals surface area contributed by atoms with Crippen LogP contribution in [0.15, 0.2) is 70.5 Å². The summed E-state index contributed by atoms with van der Waals surface area (Å²) in [5.41, 5.74) is 0.375. The number of hydrogen-bond donors (Lipinski definition) is 1. The van der Waals surface area contributed by atoms with Gasteiger partial charge in [-0.25, -0.2) is 4.39 Å². The fourth-order valence-electron chi connectivity index (χ4n) is 2.43. The molecule has 0 aliphatic rings. The van der Waals surface area contributed by atoms with Crippen molar-refractivity contribution in [1.82, 2.24) is 9.13 Å². The zero-order chi connectivity index (χ0) is 18.7. The summed E-state index contributed by atoms with van der Waals surface area (Å²) in [5.74, 6) is -0.863. The Kier molecular flexibility index (Phi) is 4.79. The summed E-state index contributed by atoms with van der Waals surface area (Å²) in [5, 5.41) is 2.67. The first-order chi connectivity index (χ1) is 12.4. The second kappa shape index (κ2) is 7.18. The standard InChI is InChI=1S/C19H16FN3O3/c1-13-2-6-15(7-3-13)21-17(24)12-22-10-11-23(19(26)18(22)25)16-8-4-14(20)5-9-16/h2-11H,12H2,1H3,(H,21,24). The van der Waals surface area contributed by atoms with Crippen LogP contribution in [-0.2, 0) is 11.3 Å². The van der Waals surface area contributed by atoms with Crippen LogP contribution in [0.5, 0.6) is 0 Å². The Morgan fingerprint density at radius 2 is 1.62 bits per heavy atom. The number of nitrogens with zero attached hydrogens (tertiary/aromatic N) is 2. The number of halogens is 1. The van der Waals surface area contributed by atoms with E-state index in [-0.39, 0.29) is 6.54 Å². The lowest BCUT2D eigenvalue weighted by atomic mass is 10.2. The van der Waals surface area contributed by atoms with Gasteiger partial charge in [-0.05, 0) is 43.3 Å². The van der Waals surface area contributed by atoms with Crippen LogP contribution in [0.4, 0.5) is 10.1 Å². The highest BCUT2D eigenvalue weighted by Crippen LogP contribution is 2.08. The number of benzene rings is 2. The third-order valence-electron chi connectivity index (χ3n) is 3.81. The maximum absolute atomic E-state index is 13.0. The molecule has 0 fully saturated rings. The fourth-order valence-corrected chi connectivity index (χ4v) is 2.43. The van der Waals surface area contributed by atoms with Crippen LogP contribution in [0.25, 0.3) is 5.69 Å². The van der Waals surface area contributed by atoms with E-state index in [4.69, 9.17) is 0 Å². The van der Waals surface area contributed by atoms with E-state index in [1.165, 1.54) is 36.7 Å². The number of amides is 1. The summed E-state index contributed by atoms with van der Waals surface area (Å²) >= 11 is 0. The van der Waals surface area contributed by atoms with Crippen LogP contribution < -0.4 is 16.4 Å². The maximum atomic E-state index is 13.0. The van der Waals surface area contributed by atoms with Gasteiger partial charge in [0, 0.05) is 23.8 Å². The first-order valence-corrected chi connectivity index (χ1v) is 7.88. The highest BCUT2D eigenvalue weighted by atomic mass is 19.1. The minimum atomic E-state index is -0.837. The van der Waals surface area contributed by atoms with Crippen molar-refractivity contribution >= 4 is 11.6 Å². The molecule has 7 heteroatoms. The van der Waals surface area contributed by atoms with Gasteiger partial charge >= 0.3 is 11.1 Å². The van der Waals surface area contributed by atoms with E-state index in [1.807, 2.05) is 19.1 Å². The number of aromatic nitrogens is 2. The highest BCUT2D eigenvalue weighted by molar-refractivity contribution is 5.90. The lowest BCUT2D eigenvalue weighted by molar-refractivity contribution is -0.116. The van der Waals surface area contributed by atoms with Crippen LogP contribution in [-0.4, -0.2) is 15.0 Å². The number of anilines is 1. The molecule has 2 aromatic carbocycles. The summed E-state index contributed by atoms with van der Waals surface area (Å²) in [6, 6.07) is 12.4. The van der Waals surface area contributed by atoms with Gasteiger partial charge in [0.1, 0.15) is 12.4 Å². The van der Waals surface area contributed by atoms with Crippen molar-refractivity contribution in [2.24, 2.45) is 0 Å². The molecule has 0 aliphatic heterocycles. The van der Waals surface area contributed by atoms with Crippen LogP contribution in [0.1, 0.15) is 5.56 Å². The van der Waals surface area contributed by atoms with Crippen molar-refractivity contribution < 1.29 is 9.18 Å². The van der Waals surface area contributed by atoms with Crippen LogP contribution in [0, 0.1) is 12.7 Å². The summed E-state index contributed by atoms with van der Waals surface area (Å²) in [7, 11) is 0. The Bertz CT molecular complexity index is 1050. The van der Waals surface area contributed by atoms with Crippen LogP contribution in [0.3, 0.4) is 0 Å². The van der Waals surface area contributed by atoms with Crippen molar-refractivity contribution in [3.05, 3.63) is 93.0 Å².